The van der Waals surface area contributed by atoms with Gasteiger partial charge in [0.25, 0.3) is 10.0 Å². The maximum Gasteiger partial charge on any atom is 0.261 e. The molecule has 4 rings (SSSR count). The minimum atomic E-state index is -3.63. The lowest BCUT2D eigenvalue weighted by molar-refractivity contribution is 0.601. The Kier molecular flexibility index (Phi) is 4.05. The molecule has 0 aliphatic heterocycles. The summed E-state index contributed by atoms with van der Waals surface area (Å²) in [6.07, 6.45) is 1.97. The van der Waals surface area contributed by atoms with E-state index in [-0.39, 0.29) is 4.90 Å². The monoisotopic (exact) mass is 383 g/mol. The van der Waals surface area contributed by atoms with E-state index in [0.717, 1.165) is 27.5 Å². The average molecular weight is 383 g/mol. The molecular weight excluding hydrogens is 366 g/mol. The predicted molar refractivity (Wildman–Crippen MR) is 105 cm³/mol. The van der Waals surface area contributed by atoms with Crippen molar-refractivity contribution in [3.05, 3.63) is 71.4 Å². The number of sulfonamides is 1. The van der Waals surface area contributed by atoms with Gasteiger partial charge in [-0.3, -0.25) is 9.12 Å². The van der Waals surface area contributed by atoms with Crippen LogP contribution in [0.2, 0.25) is 0 Å². The summed E-state index contributed by atoms with van der Waals surface area (Å²) in [7, 11) is -3.63. The van der Waals surface area contributed by atoms with Gasteiger partial charge in [-0.05, 0) is 43.7 Å². The third-order valence-electron chi connectivity index (χ3n) is 4.10. The van der Waals surface area contributed by atoms with Crippen LogP contribution >= 0.6 is 11.3 Å². The molecule has 0 fully saturated rings. The largest absolute Gasteiger partial charge is 0.294 e. The first-order valence-electron chi connectivity index (χ1n) is 8.05. The normalized spacial score (nSPS) is 11.8. The highest BCUT2D eigenvalue weighted by Gasteiger charge is 2.15. The molecule has 26 heavy (non-hydrogen) atoms. The molecule has 2 aromatic heterocycles. The second-order valence-electron chi connectivity index (χ2n) is 6.16. The number of aryl methyl sites for hydroxylation is 2. The van der Waals surface area contributed by atoms with Gasteiger partial charge in [0, 0.05) is 28.5 Å². The Morgan fingerprint density at radius 3 is 2.65 bits per heavy atom. The van der Waals surface area contributed by atoms with Gasteiger partial charge in [-0.1, -0.05) is 24.3 Å². The van der Waals surface area contributed by atoms with E-state index in [9.17, 15) is 8.42 Å². The van der Waals surface area contributed by atoms with Gasteiger partial charge >= 0.3 is 0 Å². The molecule has 0 radical (unpaired) electrons. The van der Waals surface area contributed by atoms with Crippen molar-refractivity contribution in [2.75, 3.05) is 4.72 Å². The number of aromatic nitrogens is 2. The highest BCUT2D eigenvalue weighted by atomic mass is 32.2. The van der Waals surface area contributed by atoms with E-state index in [2.05, 4.69) is 15.1 Å². The first-order chi connectivity index (χ1) is 12.4. The van der Waals surface area contributed by atoms with Crippen molar-refractivity contribution < 1.29 is 8.42 Å². The van der Waals surface area contributed by atoms with E-state index >= 15 is 0 Å². The van der Waals surface area contributed by atoms with Gasteiger partial charge in [-0.2, -0.15) is 0 Å². The van der Waals surface area contributed by atoms with Gasteiger partial charge in [0.2, 0.25) is 0 Å². The summed E-state index contributed by atoms with van der Waals surface area (Å²) in [5, 5.41) is 2.05. The molecule has 2 heterocycles. The van der Waals surface area contributed by atoms with Crippen LogP contribution in [0.1, 0.15) is 11.3 Å². The number of hydrogen-bond acceptors (Lipinski definition) is 4. The lowest BCUT2D eigenvalue weighted by atomic mass is 10.1. The quantitative estimate of drug-likeness (QED) is 0.565. The second kappa shape index (κ2) is 6.26. The number of benzene rings is 2. The van der Waals surface area contributed by atoms with Gasteiger partial charge in [0.15, 0.2) is 4.96 Å². The van der Waals surface area contributed by atoms with Crippen molar-refractivity contribution in [1.82, 2.24) is 9.38 Å². The fourth-order valence-corrected chi connectivity index (χ4v) is 4.78. The Morgan fingerprint density at radius 2 is 1.88 bits per heavy atom. The molecule has 132 valence electrons. The summed E-state index contributed by atoms with van der Waals surface area (Å²) in [4.78, 5) is 5.79. The van der Waals surface area contributed by atoms with Crippen LogP contribution in [0.4, 0.5) is 5.69 Å². The summed E-state index contributed by atoms with van der Waals surface area (Å²) in [5.41, 5.74) is 4.22. The third kappa shape index (κ3) is 3.11. The van der Waals surface area contributed by atoms with Crippen molar-refractivity contribution in [2.24, 2.45) is 0 Å². The molecule has 1 N–H and O–H groups in total. The maximum atomic E-state index is 12.6. The van der Waals surface area contributed by atoms with Gasteiger partial charge < -0.3 is 0 Å². The zero-order valence-corrected chi connectivity index (χ0v) is 15.9. The Balaban J connectivity index is 1.67. The molecule has 2 aromatic carbocycles. The van der Waals surface area contributed by atoms with Crippen LogP contribution in [0.5, 0.6) is 0 Å². The summed E-state index contributed by atoms with van der Waals surface area (Å²) in [6.45, 7) is 3.90. The highest BCUT2D eigenvalue weighted by molar-refractivity contribution is 7.92. The topological polar surface area (TPSA) is 63.5 Å². The minimum absolute atomic E-state index is 0.251. The van der Waals surface area contributed by atoms with Crippen molar-refractivity contribution in [3.8, 4) is 11.3 Å². The van der Waals surface area contributed by atoms with Crippen molar-refractivity contribution in [1.29, 1.82) is 0 Å². The molecule has 7 heteroatoms. The Bertz CT molecular complexity index is 1210. The van der Waals surface area contributed by atoms with Gasteiger partial charge in [-0.25, -0.2) is 13.4 Å². The molecule has 0 aliphatic carbocycles. The van der Waals surface area contributed by atoms with E-state index < -0.39 is 10.0 Å². The lowest BCUT2D eigenvalue weighted by Crippen LogP contribution is -2.13. The van der Waals surface area contributed by atoms with Gasteiger partial charge in [-0.15, -0.1) is 11.3 Å². The van der Waals surface area contributed by atoms with Crippen LogP contribution in [0.25, 0.3) is 16.2 Å². The molecule has 0 saturated heterocycles. The van der Waals surface area contributed by atoms with Crippen LogP contribution in [-0.4, -0.2) is 17.8 Å². The summed E-state index contributed by atoms with van der Waals surface area (Å²) in [6, 6.07) is 14.1. The molecular formula is C19H17N3O2S2. The van der Waals surface area contributed by atoms with E-state index in [1.807, 2.05) is 42.6 Å². The van der Waals surface area contributed by atoms with Gasteiger partial charge in [0.05, 0.1) is 10.6 Å². The number of hydrogen-bond donors (Lipinski definition) is 1. The smallest absolute Gasteiger partial charge is 0.261 e. The minimum Gasteiger partial charge on any atom is -0.294 e. The average Bonchev–Trinajstić information content (AvgIpc) is 3.17. The molecule has 0 spiro atoms. The molecule has 0 unspecified atom stereocenters. The van der Waals surface area contributed by atoms with Crippen LogP contribution in [0.15, 0.2) is 65.0 Å². The third-order valence-corrected chi connectivity index (χ3v) is 6.44. The molecule has 0 bridgehead atoms. The second-order valence-corrected chi connectivity index (χ2v) is 8.68. The number of fused-ring (bicyclic) bond motifs is 1. The number of imidazole rings is 1. The molecule has 0 aliphatic rings. The lowest BCUT2D eigenvalue weighted by Gasteiger charge is -2.09. The van der Waals surface area contributed by atoms with Crippen LogP contribution in [-0.2, 0) is 10.0 Å². The number of nitrogens with zero attached hydrogens (tertiary/aromatic N) is 2. The standard InChI is InChI=1S/C19H17N3O2S2/c1-13-5-3-8-17(9-13)26(23,24)21-16-7-4-6-15(10-16)18-11-22-14(2)12-25-19(22)20-18/h3-12,21H,1-2H3. The first-order valence-corrected chi connectivity index (χ1v) is 10.4. The number of nitrogens with one attached hydrogen (secondary N) is 1. The van der Waals surface area contributed by atoms with Crippen molar-refractivity contribution in [3.63, 3.8) is 0 Å². The van der Waals surface area contributed by atoms with Crippen LogP contribution in [0.3, 0.4) is 0 Å². The SMILES string of the molecule is Cc1cccc(S(=O)(=O)Nc2cccc(-c3cn4c(C)csc4n3)c2)c1. The first kappa shape index (κ1) is 16.8. The van der Waals surface area contributed by atoms with E-state index in [1.54, 1.807) is 41.7 Å². The molecule has 4 aromatic rings. The zero-order chi connectivity index (χ0) is 18.3. The van der Waals surface area contributed by atoms with Crippen molar-refractivity contribution >= 4 is 32.0 Å². The van der Waals surface area contributed by atoms with Crippen LogP contribution in [0, 0.1) is 13.8 Å². The predicted octanol–water partition coefficient (Wildman–Crippen LogP) is 4.48. The maximum absolute atomic E-state index is 12.6. The summed E-state index contributed by atoms with van der Waals surface area (Å²) >= 11 is 1.58. The number of thiazole rings is 1. The van der Waals surface area contributed by atoms with Crippen LogP contribution < -0.4 is 4.72 Å². The van der Waals surface area contributed by atoms with E-state index in [4.69, 9.17) is 0 Å². The number of rotatable bonds is 4. The van der Waals surface area contributed by atoms with E-state index in [1.165, 1.54) is 0 Å². The van der Waals surface area contributed by atoms with E-state index in [0.29, 0.717) is 5.69 Å². The number of anilines is 1. The Labute approximate surface area is 156 Å². The molecule has 0 amide bonds. The highest BCUT2D eigenvalue weighted by Crippen LogP contribution is 2.26. The summed E-state index contributed by atoms with van der Waals surface area (Å²) < 4.78 is 29.9. The van der Waals surface area contributed by atoms with Crippen molar-refractivity contribution in [2.45, 2.75) is 18.7 Å². The Morgan fingerprint density at radius 1 is 1.08 bits per heavy atom. The summed E-state index contributed by atoms with van der Waals surface area (Å²) in [5.74, 6) is 0. The fourth-order valence-electron chi connectivity index (χ4n) is 2.77. The molecule has 0 atom stereocenters. The molecule has 5 nitrogen and oxygen atoms in total. The Hall–Kier alpha value is -2.64. The fraction of sp³-hybridized carbons (Fsp3) is 0.105. The zero-order valence-electron chi connectivity index (χ0n) is 14.3. The molecule has 0 saturated carbocycles. The van der Waals surface area contributed by atoms with Gasteiger partial charge in [0.1, 0.15) is 0 Å².